The third-order valence-electron chi connectivity index (χ3n) is 5.47. The molecule has 1 heterocycles. The highest BCUT2D eigenvalue weighted by Gasteiger charge is 2.43. The average molecular weight is 414 g/mol. The van der Waals surface area contributed by atoms with E-state index in [0.717, 1.165) is 36.8 Å². The Morgan fingerprint density at radius 2 is 1.79 bits per heavy atom. The van der Waals surface area contributed by atoms with Crippen LogP contribution in [0.4, 0.5) is 0 Å². The summed E-state index contributed by atoms with van der Waals surface area (Å²) in [6.07, 6.45) is 6.04. The van der Waals surface area contributed by atoms with Gasteiger partial charge in [0, 0.05) is 6.04 Å². The minimum atomic E-state index is -3.75. The minimum absolute atomic E-state index is 0.0132. The van der Waals surface area contributed by atoms with E-state index < -0.39 is 16.3 Å². The predicted octanol–water partition coefficient (Wildman–Crippen LogP) is 5.61. The SMILES string of the molecule is C=CC1CC(CCCCC)OC(c2ccccc2)N1S(=O)(=O)c1ccc(C)cc1. The van der Waals surface area contributed by atoms with Gasteiger partial charge in [-0.15, -0.1) is 6.58 Å². The van der Waals surface area contributed by atoms with Crippen LogP contribution in [-0.2, 0) is 14.8 Å². The largest absolute Gasteiger partial charge is 0.354 e. The lowest BCUT2D eigenvalue weighted by molar-refractivity contribution is -0.125. The topological polar surface area (TPSA) is 46.6 Å². The first kappa shape index (κ1) is 21.8. The Labute approximate surface area is 175 Å². The molecule has 156 valence electrons. The number of hydrogen-bond donors (Lipinski definition) is 0. The fraction of sp³-hybridized carbons (Fsp3) is 0.417. The molecule has 4 nitrogen and oxygen atoms in total. The van der Waals surface area contributed by atoms with Gasteiger partial charge in [0.05, 0.1) is 11.0 Å². The molecule has 0 radical (unpaired) electrons. The van der Waals surface area contributed by atoms with Crippen molar-refractivity contribution in [2.75, 3.05) is 0 Å². The fourth-order valence-electron chi connectivity index (χ4n) is 3.83. The Morgan fingerprint density at radius 1 is 1.10 bits per heavy atom. The van der Waals surface area contributed by atoms with Gasteiger partial charge < -0.3 is 4.74 Å². The molecular formula is C24H31NO3S. The molecule has 1 aliphatic rings. The molecule has 3 atom stereocenters. The summed E-state index contributed by atoms with van der Waals surface area (Å²) in [5.74, 6) is 0. The van der Waals surface area contributed by atoms with E-state index in [1.807, 2.05) is 49.4 Å². The standard InChI is InChI=1S/C24H31NO3S/c1-4-6-8-13-22-18-21(5-2)25(24(28-22)20-11-9-7-10-12-20)29(26,27)23-16-14-19(3)15-17-23/h5,7,9-12,14-17,21-22,24H,2,4,6,8,13,18H2,1,3H3. The number of rotatable bonds is 8. The summed E-state index contributed by atoms with van der Waals surface area (Å²) >= 11 is 0. The number of sulfonamides is 1. The Balaban J connectivity index is 1.99. The molecule has 2 aromatic rings. The maximum absolute atomic E-state index is 13.6. The molecule has 1 aliphatic heterocycles. The van der Waals surface area contributed by atoms with Gasteiger partial charge >= 0.3 is 0 Å². The molecule has 0 amide bonds. The van der Waals surface area contributed by atoms with Gasteiger partial charge in [-0.3, -0.25) is 0 Å². The van der Waals surface area contributed by atoms with E-state index in [-0.39, 0.29) is 17.0 Å². The van der Waals surface area contributed by atoms with Crippen LogP contribution >= 0.6 is 0 Å². The molecule has 1 saturated heterocycles. The molecule has 5 heteroatoms. The second kappa shape index (κ2) is 9.70. The molecule has 0 aliphatic carbocycles. The lowest BCUT2D eigenvalue weighted by atomic mass is 10.00. The normalized spacial score (nSPS) is 23.0. The molecule has 29 heavy (non-hydrogen) atoms. The number of nitrogens with zero attached hydrogens (tertiary/aromatic N) is 1. The van der Waals surface area contributed by atoms with Gasteiger partial charge in [-0.25, -0.2) is 8.42 Å². The van der Waals surface area contributed by atoms with Crippen LogP contribution in [0, 0.1) is 6.92 Å². The molecule has 0 N–H and O–H groups in total. The van der Waals surface area contributed by atoms with Crippen molar-refractivity contribution in [3.63, 3.8) is 0 Å². The first-order chi connectivity index (χ1) is 14.0. The highest BCUT2D eigenvalue weighted by molar-refractivity contribution is 7.89. The summed E-state index contributed by atoms with van der Waals surface area (Å²) in [6.45, 7) is 8.08. The van der Waals surface area contributed by atoms with Crippen LogP contribution < -0.4 is 0 Å². The highest BCUT2D eigenvalue weighted by Crippen LogP contribution is 2.39. The number of unbranched alkanes of at least 4 members (excludes halogenated alkanes) is 2. The zero-order chi connectivity index (χ0) is 20.9. The Bertz CT molecular complexity index is 893. The molecule has 3 rings (SSSR count). The molecule has 1 fully saturated rings. The first-order valence-corrected chi connectivity index (χ1v) is 11.8. The van der Waals surface area contributed by atoms with Gasteiger partial charge in [-0.1, -0.05) is 80.3 Å². The Hall–Kier alpha value is -1.95. The second-order valence-corrected chi connectivity index (χ2v) is 9.55. The van der Waals surface area contributed by atoms with Crippen LogP contribution in [0.1, 0.15) is 56.4 Å². The molecule has 0 aromatic heterocycles. The quantitative estimate of drug-likeness (QED) is 0.417. The third-order valence-corrected chi connectivity index (χ3v) is 7.35. The van der Waals surface area contributed by atoms with Crippen molar-refractivity contribution in [1.82, 2.24) is 4.31 Å². The summed E-state index contributed by atoms with van der Waals surface area (Å²) < 4.78 is 35.1. The van der Waals surface area contributed by atoms with Crippen molar-refractivity contribution in [3.05, 3.63) is 78.4 Å². The summed E-state index contributed by atoms with van der Waals surface area (Å²) in [4.78, 5) is 0.281. The summed E-state index contributed by atoms with van der Waals surface area (Å²) in [6, 6.07) is 16.3. The number of ether oxygens (including phenoxy) is 1. The Morgan fingerprint density at radius 3 is 2.41 bits per heavy atom. The van der Waals surface area contributed by atoms with E-state index in [1.54, 1.807) is 18.2 Å². The third kappa shape index (κ3) is 4.97. The zero-order valence-electron chi connectivity index (χ0n) is 17.3. The summed E-state index contributed by atoms with van der Waals surface area (Å²) in [5.41, 5.74) is 1.87. The van der Waals surface area contributed by atoms with Gasteiger partial charge in [0.25, 0.3) is 0 Å². The van der Waals surface area contributed by atoms with Crippen LogP contribution in [0.15, 0.2) is 72.1 Å². The maximum atomic E-state index is 13.6. The van der Waals surface area contributed by atoms with Crippen molar-refractivity contribution >= 4 is 10.0 Å². The first-order valence-electron chi connectivity index (χ1n) is 10.4. The van der Waals surface area contributed by atoms with E-state index in [0.29, 0.717) is 6.42 Å². The van der Waals surface area contributed by atoms with Crippen molar-refractivity contribution in [2.45, 2.75) is 69.2 Å². The second-order valence-electron chi connectivity index (χ2n) is 7.70. The van der Waals surface area contributed by atoms with Crippen LogP contribution in [0.3, 0.4) is 0 Å². The van der Waals surface area contributed by atoms with E-state index in [9.17, 15) is 8.42 Å². The average Bonchev–Trinajstić information content (AvgIpc) is 2.74. The minimum Gasteiger partial charge on any atom is -0.354 e. The van der Waals surface area contributed by atoms with Crippen LogP contribution in [0.2, 0.25) is 0 Å². The van der Waals surface area contributed by atoms with Gasteiger partial charge in [-0.05, 0) is 37.5 Å². The molecule has 2 aromatic carbocycles. The van der Waals surface area contributed by atoms with E-state index in [2.05, 4.69) is 13.5 Å². The van der Waals surface area contributed by atoms with E-state index in [1.165, 1.54) is 4.31 Å². The Kier molecular flexibility index (Phi) is 7.28. The number of benzene rings is 2. The lowest BCUT2D eigenvalue weighted by Gasteiger charge is -2.43. The van der Waals surface area contributed by atoms with Crippen LogP contribution in [0.5, 0.6) is 0 Å². The van der Waals surface area contributed by atoms with Gasteiger partial charge in [0.15, 0.2) is 6.23 Å². The molecule has 3 unspecified atom stereocenters. The van der Waals surface area contributed by atoms with Crippen molar-refractivity contribution in [3.8, 4) is 0 Å². The van der Waals surface area contributed by atoms with Crippen molar-refractivity contribution in [2.24, 2.45) is 0 Å². The molecule has 0 saturated carbocycles. The monoisotopic (exact) mass is 413 g/mol. The number of hydrogen-bond acceptors (Lipinski definition) is 3. The molecular weight excluding hydrogens is 382 g/mol. The van der Waals surface area contributed by atoms with Gasteiger partial charge in [0.1, 0.15) is 0 Å². The zero-order valence-corrected chi connectivity index (χ0v) is 18.1. The van der Waals surface area contributed by atoms with Crippen LogP contribution in [-0.4, -0.2) is 24.9 Å². The van der Waals surface area contributed by atoms with Crippen molar-refractivity contribution in [1.29, 1.82) is 0 Å². The van der Waals surface area contributed by atoms with Gasteiger partial charge in [-0.2, -0.15) is 4.31 Å². The summed E-state index contributed by atoms with van der Waals surface area (Å²) in [5, 5.41) is 0. The van der Waals surface area contributed by atoms with E-state index >= 15 is 0 Å². The van der Waals surface area contributed by atoms with E-state index in [4.69, 9.17) is 4.74 Å². The maximum Gasteiger partial charge on any atom is 0.246 e. The van der Waals surface area contributed by atoms with Gasteiger partial charge in [0.2, 0.25) is 10.0 Å². The fourth-order valence-corrected chi connectivity index (χ4v) is 5.51. The molecule has 0 spiro atoms. The van der Waals surface area contributed by atoms with Crippen LogP contribution in [0.25, 0.3) is 0 Å². The summed E-state index contributed by atoms with van der Waals surface area (Å²) in [7, 11) is -3.75. The highest BCUT2D eigenvalue weighted by atomic mass is 32.2. The van der Waals surface area contributed by atoms with Crippen molar-refractivity contribution < 1.29 is 13.2 Å². The molecule has 0 bridgehead atoms. The number of aryl methyl sites for hydroxylation is 1. The lowest BCUT2D eigenvalue weighted by Crippen LogP contribution is -2.49. The predicted molar refractivity (Wildman–Crippen MR) is 117 cm³/mol. The smallest absolute Gasteiger partial charge is 0.246 e.